The van der Waals surface area contributed by atoms with Gasteiger partial charge in [-0.05, 0) is 36.2 Å². The Hall–Kier alpha value is -2.40. The van der Waals surface area contributed by atoms with Gasteiger partial charge in [0.15, 0.2) is 0 Å². The predicted octanol–water partition coefficient (Wildman–Crippen LogP) is 4.01. The van der Waals surface area contributed by atoms with E-state index >= 15 is 0 Å². The van der Waals surface area contributed by atoms with Crippen molar-refractivity contribution in [1.29, 1.82) is 0 Å². The molecule has 2 amide bonds. The molecule has 2 N–H and O–H groups in total. The van der Waals surface area contributed by atoms with Gasteiger partial charge in [0, 0.05) is 19.0 Å². The van der Waals surface area contributed by atoms with Crippen molar-refractivity contribution in [1.82, 2.24) is 0 Å². The average molecular weight is 335 g/mol. The summed E-state index contributed by atoms with van der Waals surface area (Å²) in [6.45, 7) is 1.38. The minimum absolute atomic E-state index is 0.159. The summed E-state index contributed by atoms with van der Waals surface area (Å²) in [5, 5.41) is 5.60. The van der Waals surface area contributed by atoms with Crippen LogP contribution in [0.2, 0.25) is 5.02 Å². The molecule has 0 spiro atoms. The average Bonchev–Trinajstić information content (AvgIpc) is 2.49. The van der Waals surface area contributed by atoms with Crippen molar-refractivity contribution in [2.75, 3.05) is 10.6 Å². The maximum absolute atomic E-state index is 13.5. The Labute approximate surface area is 138 Å². The summed E-state index contributed by atoms with van der Waals surface area (Å²) >= 11 is 6.04. The predicted molar refractivity (Wildman–Crippen MR) is 89.1 cm³/mol. The third-order valence-corrected chi connectivity index (χ3v) is 3.46. The van der Waals surface area contributed by atoms with Crippen molar-refractivity contribution in [3.8, 4) is 0 Å². The van der Waals surface area contributed by atoms with E-state index in [1.807, 2.05) is 0 Å². The number of rotatable bonds is 5. The summed E-state index contributed by atoms with van der Waals surface area (Å²) in [7, 11) is 0. The molecule has 2 aromatic rings. The lowest BCUT2D eigenvalue weighted by Crippen LogP contribution is -2.13. The standard InChI is InChI=1S/C17H16ClFN2O2/c1-11(22)20-16-8-7-13(10-14(16)18)21-17(23)9-6-12-4-2-3-5-15(12)19/h2-5,7-8,10H,6,9H2,1H3,(H,20,22)(H,21,23). The summed E-state index contributed by atoms with van der Waals surface area (Å²) in [5.74, 6) is -0.784. The van der Waals surface area contributed by atoms with Gasteiger partial charge in [0.25, 0.3) is 0 Å². The van der Waals surface area contributed by atoms with Crippen LogP contribution in [0, 0.1) is 5.82 Å². The van der Waals surface area contributed by atoms with Crippen molar-refractivity contribution in [3.05, 3.63) is 58.9 Å². The fourth-order valence-electron chi connectivity index (χ4n) is 2.06. The molecule has 0 saturated heterocycles. The van der Waals surface area contributed by atoms with Gasteiger partial charge >= 0.3 is 0 Å². The van der Waals surface area contributed by atoms with Crippen LogP contribution in [-0.4, -0.2) is 11.8 Å². The fraction of sp³-hybridized carbons (Fsp3) is 0.176. The highest BCUT2D eigenvalue weighted by molar-refractivity contribution is 6.34. The zero-order valence-electron chi connectivity index (χ0n) is 12.5. The number of benzene rings is 2. The molecule has 0 aliphatic carbocycles. The minimum Gasteiger partial charge on any atom is -0.326 e. The second-order valence-corrected chi connectivity index (χ2v) is 5.42. The van der Waals surface area contributed by atoms with Crippen LogP contribution >= 0.6 is 11.6 Å². The van der Waals surface area contributed by atoms with Crippen molar-refractivity contribution in [2.45, 2.75) is 19.8 Å². The maximum Gasteiger partial charge on any atom is 0.224 e. The Morgan fingerprint density at radius 3 is 2.52 bits per heavy atom. The number of carbonyl (C=O) groups excluding carboxylic acids is 2. The first-order chi connectivity index (χ1) is 11.0. The minimum atomic E-state index is -0.317. The molecule has 0 heterocycles. The Morgan fingerprint density at radius 1 is 1.13 bits per heavy atom. The van der Waals surface area contributed by atoms with Crippen molar-refractivity contribution < 1.29 is 14.0 Å². The van der Waals surface area contributed by atoms with Gasteiger partial charge in [-0.2, -0.15) is 0 Å². The highest BCUT2D eigenvalue weighted by Gasteiger charge is 2.08. The van der Waals surface area contributed by atoms with Crippen LogP contribution in [0.4, 0.5) is 15.8 Å². The summed E-state index contributed by atoms with van der Waals surface area (Å²) in [6, 6.07) is 11.2. The Kier molecular flexibility index (Phi) is 5.71. The largest absolute Gasteiger partial charge is 0.326 e. The first kappa shape index (κ1) is 17.0. The van der Waals surface area contributed by atoms with E-state index in [9.17, 15) is 14.0 Å². The van der Waals surface area contributed by atoms with E-state index in [0.717, 1.165) is 0 Å². The van der Waals surface area contributed by atoms with E-state index < -0.39 is 0 Å². The van der Waals surface area contributed by atoms with Crippen LogP contribution < -0.4 is 10.6 Å². The van der Waals surface area contributed by atoms with E-state index in [1.165, 1.54) is 13.0 Å². The zero-order chi connectivity index (χ0) is 16.8. The van der Waals surface area contributed by atoms with Gasteiger partial charge in [0.05, 0.1) is 10.7 Å². The van der Waals surface area contributed by atoms with Gasteiger partial charge in [0.1, 0.15) is 5.82 Å². The topological polar surface area (TPSA) is 58.2 Å². The molecule has 0 saturated carbocycles. The van der Waals surface area contributed by atoms with Gasteiger partial charge in [-0.25, -0.2) is 4.39 Å². The van der Waals surface area contributed by atoms with Gasteiger partial charge in [0.2, 0.25) is 11.8 Å². The number of amides is 2. The van der Waals surface area contributed by atoms with Crippen molar-refractivity contribution >= 4 is 34.8 Å². The molecule has 0 unspecified atom stereocenters. The first-order valence-corrected chi connectivity index (χ1v) is 7.44. The second kappa shape index (κ2) is 7.74. The van der Waals surface area contributed by atoms with Crippen LogP contribution in [0.5, 0.6) is 0 Å². The van der Waals surface area contributed by atoms with Crippen molar-refractivity contribution in [3.63, 3.8) is 0 Å². The van der Waals surface area contributed by atoms with E-state index in [2.05, 4.69) is 10.6 Å². The van der Waals surface area contributed by atoms with Gasteiger partial charge in [-0.3, -0.25) is 9.59 Å². The molecule has 0 atom stereocenters. The lowest BCUT2D eigenvalue weighted by Gasteiger charge is -2.09. The molecule has 4 nitrogen and oxygen atoms in total. The molecule has 0 aromatic heterocycles. The lowest BCUT2D eigenvalue weighted by atomic mass is 10.1. The monoisotopic (exact) mass is 334 g/mol. The Morgan fingerprint density at radius 2 is 1.87 bits per heavy atom. The smallest absolute Gasteiger partial charge is 0.224 e. The highest BCUT2D eigenvalue weighted by atomic mass is 35.5. The van der Waals surface area contributed by atoms with Gasteiger partial charge in [-0.15, -0.1) is 0 Å². The van der Waals surface area contributed by atoms with Crippen molar-refractivity contribution in [2.24, 2.45) is 0 Å². The van der Waals surface area contributed by atoms with E-state index in [1.54, 1.807) is 36.4 Å². The third-order valence-electron chi connectivity index (χ3n) is 3.14. The van der Waals surface area contributed by atoms with Crippen LogP contribution in [0.1, 0.15) is 18.9 Å². The van der Waals surface area contributed by atoms with E-state index in [-0.39, 0.29) is 24.1 Å². The number of nitrogens with one attached hydrogen (secondary N) is 2. The number of anilines is 2. The summed E-state index contributed by atoms with van der Waals surface area (Å²) < 4.78 is 13.5. The van der Waals surface area contributed by atoms with Crippen LogP contribution in [0.3, 0.4) is 0 Å². The number of aryl methyl sites for hydroxylation is 1. The number of halogens is 2. The molecular formula is C17H16ClFN2O2. The molecule has 0 fully saturated rings. The number of hydrogen-bond acceptors (Lipinski definition) is 2. The van der Waals surface area contributed by atoms with Crippen LogP contribution in [-0.2, 0) is 16.0 Å². The normalized spacial score (nSPS) is 10.2. The summed E-state index contributed by atoms with van der Waals surface area (Å²) in [5.41, 5.74) is 1.49. The molecule has 120 valence electrons. The molecule has 2 aromatic carbocycles. The second-order valence-electron chi connectivity index (χ2n) is 5.02. The lowest BCUT2D eigenvalue weighted by molar-refractivity contribution is -0.116. The molecule has 0 aliphatic heterocycles. The van der Waals surface area contributed by atoms with E-state index in [0.29, 0.717) is 28.4 Å². The maximum atomic E-state index is 13.5. The molecule has 0 aliphatic rings. The Balaban J connectivity index is 1.94. The van der Waals surface area contributed by atoms with Gasteiger partial charge < -0.3 is 10.6 Å². The number of carbonyl (C=O) groups is 2. The SMILES string of the molecule is CC(=O)Nc1ccc(NC(=O)CCc2ccccc2F)cc1Cl. The number of hydrogen-bond donors (Lipinski definition) is 2. The molecule has 0 radical (unpaired) electrons. The molecule has 23 heavy (non-hydrogen) atoms. The summed E-state index contributed by atoms with van der Waals surface area (Å²) in [4.78, 5) is 22.9. The Bertz CT molecular complexity index is 734. The zero-order valence-corrected chi connectivity index (χ0v) is 13.3. The fourth-order valence-corrected chi connectivity index (χ4v) is 2.28. The summed E-state index contributed by atoms with van der Waals surface area (Å²) in [6.07, 6.45) is 0.474. The molecule has 2 rings (SSSR count). The first-order valence-electron chi connectivity index (χ1n) is 7.06. The van der Waals surface area contributed by atoms with Crippen LogP contribution in [0.25, 0.3) is 0 Å². The molecule has 6 heteroatoms. The third kappa shape index (κ3) is 5.07. The molecular weight excluding hydrogens is 319 g/mol. The van der Waals surface area contributed by atoms with Crippen LogP contribution in [0.15, 0.2) is 42.5 Å². The highest BCUT2D eigenvalue weighted by Crippen LogP contribution is 2.25. The van der Waals surface area contributed by atoms with Gasteiger partial charge in [-0.1, -0.05) is 29.8 Å². The quantitative estimate of drug-likeness (QED) is 0.868. The molecule has 0 bridgehead atoms. The van der Waals surface area contributed by atoms with E-state index in [4.69, 9.17) is 11.6 Å².